The number of amides is 1. The summed E-state index contributed by atoms with van der Waals surface area (Å²) in [6.45, 7) is 0. The second kappa shape index (κ2) is 5.13. The second-order valence-electron chi connectivity index (χ2n) is 3.61. The molecule has 19 heavy (non-hydrogen) atoms. The van der Waals surface area contributed by atoms with E-state index in [9.17, 15) is 14.4 Å². The fourth-order valence-corrected chi connectivity index (χ4v) is 1.39. The Morgan fingerprint density at radius 3 is 2.63 bits per heavy atom. The van der Waals surface area contributed by atoms with Gasteiger partial charge < -0.3 is 15.4 Å². The smallest absolute Gasteiger partial charge is 0.354 e. The topological polar surface area (TPSA) is 112 Å². The molecule has 96 valence electrons. The van der Waals surface area contributed by atoms with Gasteiger partial charge in [-0.2, -0.15) is 0 Å². The number of nitrogens with one attached hydrogen (secondary N) is 2. The highest BCUT2D eigenvalue weighted by molar-refractivity contribution is 6.03. The van der Waals surface area contributed by atoms with Gasteiger partial charge in [-0.15, -0.1) is 0 Å². The predicted octanol–water partition coefficient (Wildman–Crippen LogP) is 0.720. The number of aromatic carboxylic acids is 1. The van der Waals surface area contributed by atoms with Crippen molar-refractivity contribution in [3.05, 3.63) is 58.3 Å². The van der Waals surface area contributed by atoms with Gasteiger partial charge in [-0.3, -0.25) is 9.59 Å². The lowest BCUT2D eigenvalue weighted by atomic mass is 10.2. The van der Waals surface area contributed by atoms with Crippen molar-refractivity contribution >= 4 is 17.6 Å². The molecule has 7 nitrogen and oxygen atoms in total. The van der Waals surface area contributed by atoms with Crippen molar-refractivity contribution in [2.45, 2.75) is 0 Å². The summed E-state index contributed by atoms with van der Waals surface area (Å²) in [5, 5.41) is 11.1. The first-order valence-electron chi connectivity index (χ1n) is 5.26. The minimum atomic E-state index is -1.16. The molecule has 2 aromatic rings. The zero-order chi connectivity index (χ0) is 13.8. The maximum absolute atomic E-state index is 11.8. The second-order valence-corrected chi connectivity index (χ2v) is 3.61. The molecule has 0 aliphatic heterocycles. The summed E-state index contributed by atoms with van der Waals surface area (Å²) in [6, 6.07) is 3.89. The molecule has 1 amide bonds. The third kappa shape index (κ3) is 2.83. The average Bonchev–Trinajstić information content (AvgIpc) is 2.39. The van der Waals surface area contributed by atoms with Crippen molar-refractivity contribution in [1.82, 2.24) is 9.97 Å². The first-order valence-corrected chi connectivity index (χ1v) is 5.26. The van der Waals surface area contributed by atoms with Crippen LogP contribution >= 0.6 is 0 Å². The molecule has 0 aromatic carbocycles. The zero-order valence-corrected chi connectivity index (χ0v) is 9.58. The molecule has 0 spiro atoms. The Hall–Kier alpha value is -2.96. The van der Waals surface area contributed by atoms with Crippen LogP contribution in [0.3, 0.4) is 0 Å². The predicted molar refractivity (Wildman–Crippen MR) is 66.2 cm³/mol. The molecule has 3 N–H and O–H groups in total. The quantitative estimate of drug-likeness (QED) is 0.751. The highest BCUT2D eigenvalue weighted by Crippen LogP contribution is 2.07. The summed E-state index contributed by atoms with van der Waals surface area (Å²) in [5.41, 5.74) is -0.273. The van der Waals surface area contributed by atoms with Crippen LogP contribution < -0.4 is 10.7 Å². The van der Waals surface area contributed by atoms with Crippen LogP contribution in [0.4, 0.5) is 5.69 Å². The summed E-state index contributed by atoms with van der Waals surface area (Å²) >= 11 is 0. The SMILES string of the molecule is O=C(O)c1ccc(NC(=O)c2c[nH]ccc2=O)cn1. The number of aromatic nitrogens is 2. The Labute approximate surface area is 106 Å². The van der Waals surface area contributed by atoms with Crippen molar-refractivity contribution in [2.75, 3.05) is 5.32 Å². The molecule has 0 aliphatic carbocycles. The molecular weight excluding hydrogens is 250 g/mol. The highest BCUT2D eigenvalue weighted by Gasteiger charge is 2.10. The molecule has 0 aliphatic rings. The first-order chi connectivity index (χ1) is 9.08. The van der Waals surface area contributed by atoms with E-state index in [0.29, 0.717) is 5.69 Å². The van der Waals surface area contributed by atoms with E-state index in [-0.39, 0.29) is 11.3 Å². The van der Waals surface area contributed by atoms with Gasteiger partial charge >= 0.3 is 5.97 Å². The molecule has 0 unspecified atom stereocenters. The van der Waals surface area contributed by atoms with E-state index in [1.54, 1.807) is 0 Å². The maximum atomic E-state index is 11.8. The van der Waals surface area contributed by atoms with E-state index in [1.165, 1.54) is 36.8 Å². The average molecular weight is 259 g/mol. The van der Waals surface area contributed by atoms with E-state index >= 15 is 0 Å². The number of carboxylic acids is 1. The number of hydrogen-bond acceptors (Lipinski definition) is 4. The van der Waals surface area contributed by atoms with E-state index < -0.39 is 17.3 Å². The fraction of sp³-hybridized carbons (Fsp3) is 0. The molecule has 0 radical (unpaired) electrons. The van der Waals surface area contributed by atoms with Crippen LogP contribution in [0.15, 0.2) is 41.6 Å². The standard InChI is InChI=1S/C12H9N3O4/c16-10-3-4-13-6-8(10)11(17)15-7-1-2-9(12(18)19)14-5-7/h1-6H,(H,13,16)(H,15,17)(H,18,19). The van der Waals surface area contributed by atoms with Gasteiger partial charge in [0.1, 0.15) is 11.3 Å². The number of carbonyl (C=O) groups is 2. The van der Waals surface area contributed by atoms with Crippen LogP contribution in [-0.4, -0.2) is 27.0 Å². The van der Waals surface area contributed by atoms with Gasteiger partial charge in [0.2, 0.25) is 0 Å². The molecule has 0 saturated carbocycles. The number of carbonyl (C=O) groups excluding carboxylic acids is 1. The Bertz CT molecular complexity index is 676. The number of aromatic amines is 1. The molecule has 0 saturated heterocycles. The Balaban J connectivity index is 2.18. The van der Waals surface area contributed by atoms with E-state index in [1.807, 2.05) is 0 Å². The van der Waals surface area contributed by atoms with Crippen LogP contribution in [0, 0.1) is 0 Å². The Morgan fingerprint density at radius 1 is 1.26 bits per heavy atom. The number of pyridine rings is 2. The number of H-pyrrole nitrogens is 1. The monoisotopic (exact) mass is 259 g/mol. The van der Waals surface area contributed by atoms with Crippen molar-refractivity contribution in [2.24, 2.45) is 0 Å². The van der Waals surface area contributed by atoms with Crippen molar-refractivity contribution in [3.63, 3.8) is 0 Å². The summed E-state index contributed by atoms with van der Waals surface area (Å²) in [4.78, 5) is 40.1. The number of anilines is 1. The lowest BCUT2D eigenvalue weighted by Gasteiger charge is -2.04. The van der Waals surface area contributed by atoms with Crippen LogP contribution in [0.2, 0.25) is 0 Å². The lowest BCUT2D eigenvalue weighted by molar-refractivity contribution is 0.0690. The third-order valence-corrected chi connectivity index (χ3v) is 2.31. The molecular formula is C12H9N3O4. The maximum Gasteiger partial charge on any atom is 0.354 e. The van der Waals surface area contributed by atoms with Crippen LogP contribution in [0.1, 0.15) is 20.8 Å². The molecule has 2 rings (SSSR count). The van der Waals surface area contributed by atoms with E-state index in [0.717, 1.165) is 0 Å². The number of rotatable bonds is 3. The van der Waals surface area contributed by atoms with Gasteiger partial charge in [0.25, 0.3) is 5.91 Å². The van der Waals surface area contributed by atoms with Crippen LogP contribution in [0.25, 0.3) is 0 Å². The molecule has 2 heterocycles. The fourth-order valence-electron chi connectivity index (χ4n) is 1.39. The molecule has 0 atom stereocenters. The first kappa shape index (κ1) is 12.5. The Kier molecular flexibility index (Phi) is 3.37. The number of nitrogens with zero attached hydrogens (tertiary/aromatic N) is 1. The number of hydrogen-bond donors (Lipinski definition) is 3. The molecule has 0 fully saturated rings. The van der Waals surface area contributed by atoms with Crippen molar-refractivity contribution in [3.8, 4) is 0 Å². The van der Waals surface area contributed by atoms with Gasteiger partial charge in [0.05, 0.1) is 11.9 Å². The largest absolute Gasteiger partial charge is 0.477 e. The van der Waals surface area contributed by atoms with Gasteiger partial charge in [-0.25, -0.2) is 9.78 Å². The van der Waals surface area contributed by atoms with Crippen molar-refractivity contribution < 1.29 is 14.7 Å². The van der Waals surface area contributed by atoms with Gasteiger partial charge in [0.15, 0.2) is 5.43 Å². The lowest BCUT2D eigenvalue weighted by Crippen LogP contribution is -2.21. The molecule has 7 heteroatoms. The van der Waals surface area contributed by atoms with Gasteiger partial charge in [0, 0.05) is 18.5 Å². The van der Waals surface area contributed by atoms with Gasteiger partial charge in [-0.05, 0) is 12.1 Å². The minimum Gasteiger partial charge on any atom is -0.477 e. The van der Waals surface area contributed by atoms with Crippen molar-refractivity contribution in [1.29, 1.82) is 0 Å². The normalized spacial score (nSPS) is 9.89. The van der Waals surface area contributed by atoms with Gasteiger partial charge in [-0.1, -0.05) is 0 Å². The summed E-state index contributed by atoms with van der Waals surface area (Å²) in [7, 11) is 0. The third-order valence-electron chi connectivity index (χ3n) is 2.31. The minimum absolute atomic E-state index is 0.0372. The highest BCUT2D eigenvalue weighted by atomic mass is 16.4. The number of carboxylic acid groups (broad SMARTS) is 1. The van der Waals surface area contributed by atoms with Crippen LogP contribution in [0.5, 0.6) is 0 Å². The Morgan fingerprint density at radius 2 is 2.05 bits per heavy atom. The summed E-state index contributed by atoms with van der Waals surface area (Å²) in [6.07, 6.45) is 3.91. The molecule has 0 bridgehead atoms. The molecule has 2 aromatic heterocycles. The zero-order valence-electron chi connectivity index (χ0n) is 9.58. The van der Waals surface area contributed by atoms with E-state index in [2.05, 4.69) is 15.3 Å². The van der Waals surface area contributed by atoms with Crippen LogP contribution in [-0.2, 0) is 0 Å². The summed E-state index contributed by atoms with van der Waals surface area (Å²) in [5.74, 6) is -1.75. The summed E-state index contributed by atoms with van der Waals surface area (Å²) < 4.78 is 0. The van der Waals surface area contributed by atoms with E-state index in [4.69, 9.17) is 5.11 Å².